The Kier molecular flexibility index (Phi) is 4.83. The summed E-state index contributed by atoms with van der Waals surface area (Å²) in [6.07, 6.45) is 10.9. The van der Waals surface area contributed by atoms with Gasteiger partial charge in [-0.15, -0.1) is 0 Å². The fourth-order valence-electron chi connectivity index (χ4n) is 3.15. The van der Waals surface area contributed by atoms with Crippen molar-refractivity contribution in [3.63, 3.8) is 0 Å². The average molecular weight is 223 g/mol. The van der Waals surface area contributed by atoms with Crippen LogP contribution in [0.5, 0.6) is 0 Å². The minimum absolute atomic E-state index is 0.407. The molecule has 1 aliphatic heterocycles. The molecule has 2 nitrogen and oxygen atoms in total. The van der Waals surface area contributed by atoms with Crippen LogP contribution < -0.4 is 5.32 Å². The summed E-state index contributed by atoms with van der Waals surface area (Å²) in [5.74, 6) is 1.60. The molecule has 2 aliphatic rings. The van der Waals surface area contributed by atoms with Crippen LogP contribution in [-0.2, 0) is 4.79 Å². The molecule has 1 unspecified atom stereocenters. The second kappa shape index (κ2) is 6.39. The van der Waals surface area contributed by atoms with E-state index >= 15 is 0 Å². The van der Waals surface area contributed by atoms with Crippen LogP contribution in [0.25, 0.3) is 0 Å². The molecule has 0 aromatic rings. The molecule has 1 heterocycles. The van der Waals surface area contributed by atoms with Crippen molar-refractivity contribution in [3.05, 3.63) is 0 Å². The van der Waals surface area contributed by atoms with E-state index in [0.29, 0.717) is 17.6 Å². The molecule has 2 rings (SSSR count). The van der Waals surface area contributed by atoms with Crippen molar-refractivity contribution < 1.29 is 4.79 Å². The standard InChI is InChI=1S/C14H25NO/c16-14(10-12-6-5-9-15-11-12)13-7-3-1-2-4-8-13/h12-13,15H,1-11H2. The smallest absolute Gasteiger partial charge is 0.136 e. The first-order chi connectivity index (χ1) is 7.86. The van der Waals surface area contributed by atoms with E-state index in [9.17, 15) is 4.79 Å². The monoisotopic (exact) mass is 223 g/mol. The van der Waals surface area contributed by atoms with Crippen molar-refractivity contribution in [1.29, 1.82) is 0 Å². The van der Waals surface area contributed by atoms with Crippen LogP contribution >= 0.6 is 0 Å². The molecule has 16 heavy (non-hydrogen) atoms. The number of hydrogen-bond donors (Lipinski definition) is 1. The van der Waals surface area contributed by atoms with Gasteiger partial charge in [-0.1, -0.05) is 25.7 Å². The molecule has 2 fully saturated rings. The van der Waals surface area contributed by atoms with Gasteiger partial charge >= 0.3 is 0 Å². The molecule has 0 bridgehead atoms. The molecular weight excluding hydrogens is 198 g/mol. The third-order valence-electron chi connectivity index (χ3n) is 4.20. The maximum absolute atomic E-state index is 12.2. The summed E-state index contributed by atoms with van der Waals surface area (Å²) in [7, 11) is 0. The van der Waals surface area contributed by atoms with E-state index in [0.717, 1.165) is 19.5 Å². The first-order valence-corrected chi connectivity index (χ1v) is 7.09. The zero-order valence-electron chi connectivity index (χ0n) is 10.3. The Hall–Kier alpha value is -0.370. The zero-order valence-corrected chi connectivity index (χ0v) is 10.3. The summed E-state index contributed by atoms with van der Waals surface area (Å²) in [4.78, 5) is 12.2. The fourth-order valence-corrected chi connectivity index (χ4v) is 3.15. The number of ketones is 1. The van der Waals surface area contributed by atoms with Gasteiger partial charge in [0.2, 0.25) is 0 Å². The minimum atomic E-state index is 0.407. The molecule has 0 aromatic heterocycles. The van der Waals surface area contributed by atoms with Gasteiger partial charge in [0.05, 0.1) is 0 Å². The Morgan fingerprint density at radius 1 is 1.00 bits per heavy atom. The van der Waals surface area contributed by atoms with E-state index in [4.69, 9.17) is 0 Å². The normalized spacial score (nSPS) is 28.6. The third-order valence-corrected chi connectivity index (χ3v) is 4.20. The predicted molar refractivity (Wildman–Crippen MR) is 66.4 cm³/mol. The highest BCUT2D eigenvalue weighted by atomic mass is 16.1. The summed E-state index contributed by atoms with van der Waals surface area (Å²) in [5.41, 5.74) is 0. The lowest BCUT2D eigenvalue weighted by atomic mass is 9.86. The molecule has 2 heteroatoms. The number of carbonyl (C=O) groups excluding carboxylic acids is 1. The SMILES string of the molecule is O=C(CC1CCCNC1)C1CCCCCC1. The molecular formula is C14H25NO. The van der Waals surface area contributed by atoms with E-state index < -0.39 is 0 Å². The molecule has 0 amide bonds. The highest BCUT2D eigenvalue weighted by Gasteiger charge is 2.23. The number of nitrogens with one attached hydrogen (secondary N) is 1. The van der Waals surface area contributed by atoms with Crippen molar-refractivity contribution >= 4 is 5.78 Å². The Balaban J connectivity index is 1.76. The van der Waals surface area contributed by atoms with Gasteiger partial charge in [0.1, 0.15) is 5.78 Å². The van der Waals surface area contributed by atoms with Crippen LogP contribution in [-0.4, -0.2) is 18.9 Å². The number of piperidine rings is 1. The number of carbonyl (C=O) groups is 1. The Bertz CT molecular complexity index is 213. The maximum atomic E-state index is 12.2. The highest BCUT2D eigenvalue weighted by Crippen LogP contribution is 2.26. The first kappa shape index (κ1) is 12.1. The molecule has 92 valence electrons. The molecule has 1 saturated heterocycles. The third kappa shape index (κ3) is 3.58. The van der Waals surface area contributed by atoms with Crippen molar-refractivity contribution in [1.82, 2.24) is 5.32 Å². The molecule has 0 spiro atoms. The molecule has 1 saturated carbocycles. The summed E-state index contributed by atoms with van der Waals surface area (Å²) in [6.45, 7) is 2.21. The Morgan fingerprint density at radius 2 is 1.75 bits per heavy atom. The number of hydrogen-bond acceptors (Lipinski definition) is 2. The van der Waals surface area contributed by atoms with Crippen molar-refractivity contribution in [2.24, 2.45) is 11.8 Å². The minimum Gasteiger partial charge on any atom is -0.316 e. The van der Waals surface area contributed by atoms with Crippen LogP contribution in [0.2, 0.25) is 0 Å². The van der Waals surface area contributed by atoms with E-state index in [1.807, 2.05) is 0 Å². The van der Waals surface area contributed by atoms with Gasteiger partial charge in [0.25, 0.3) is 0 Å². The summed E-state index contributed by atoms with van der Waals surface area (Å²) in [5, 5.41) is 3.40. The van der Waals surface area contributed by atoms with E-state index in [-0.39, 0.29) is 0 Å². The van der Waals surface area contributed by atoms with Crippen LogP contribution in [0.4, 0.5) is 0 Å². The predicted octanol–water partition coefficient (Wildman–Crippen LogP) is 2.92. The Morgan fingerprint density at radius 3 is 2.38 bits per heavy atom. The maximum Gasteiger partial charge on any atom is 0.136 e. The van der Waals surface area contributed by atoms with Gasteiger partial charge < -0.3 is 5.32 Å². The molecule has 1 N–H and O–H groups in total. The second-order valence-corrected chi connectivity index (χ2v) is 5.57. The molecule has 0 aromatic carbocycles. The van der Waals surface area contributed by atoms with Crippen LogP contribution in [0.1, 0.15) is 57.8 Å². The lowest BCUT2D eigenvalue weighted by molar-refractivity contribution is -0.124. The van der Waals surface area contributed by atoms with Crippen molar-refractivity contribution in [3.8, 4) is 0 Å². The van der Waals surface area contributed by atoms with E-state index in [1.165, 1.54) is 51.4 Å². The van der Waals surface area contributed by atoms with Gasteiger partial charge in [-0.3, -0.25) is 4.79 Å². The average Bonchev–Trinajstić information content (AvgIpc) is 2.59. The first-order valence-electron chi connectivity index (χ1n) is 7.09. The largest absolute Gasteiger partial charge is 0.316 e. The lowest BCUT2D eigenvalue weighted by Gasteiger charge is -2.23. The van der Waals surface area contributed by atoms with Crippen LogP contribution in [0.3, 0.4) is 0 Å². The van der Waals surface area contributed by atoms with Gasteiger partial charge in [0.15, 0.2) is 0 Å². The second-order valence-electron chi connectivity index (χ2n) is 5.57. The number of Topliss-reactive ketones (excluding diaryl/α,β-unsaturated/α-hetero) is 1. The van der Waals surface area contributed by atoms with Gasteiger partial charge in [-0.2, -0.15) is 0 Å². The van der Waals surface area contributed by atoms with E-state index in [2.05, 4.69) is 5.32 Å². The van der Waals surface area contributed by atoms with Crippen molar-refractivity contribution in [2.45, 2.75) is 57.8 Å². The molecule has 0 radical (unpaired) electrons. The lowest BCUT2D eigenvalue weighted by Crippen LogP contribution is -2.32. The van der Waals surface area contributed by atoms with Crippen LogP contribution in [0, 0.1) is 11.8 Å². The van der Waals surface area contributed by atoms with Gasteiger partial charge in [-0.25, -0.2) is 0 Å². The quantitative estimate of drug-likeness (QED) is 0.745. The summed E-state index contributed by atoms with van der Waals surface area (Å²) < 4.78 is 0. The molecule has 1 atom stereocenters. The van der Waals surface area contributed by atoms with Crippen molar-refractivity contribution in [2.75, 3.05) is 13.1 Å². The van der Waals surface area contributed by atoms with Crippen LogP contribution in [0.15, 0.2) is 0 Å². The van der Waals surface area contributed by atoms with Gasteiger partial charge in [0, 0.05) is 12.3 Å². The highest BCUT2D eigenvalue weighted by molar-refractivity contribution is 5.81. The zero-order chi connectivity index (χ0) is 11.2. The van der Waals surface area contributed by atoms with Gasteiger partial charge in [-0.05, 0) is 44.7 Å². The summed E-state index contributed by atoms with van der Waals surface area (Å²) in [6, 6.07) is 0. The topological polar surface area (TPSA) is 29.1 Å². The number of rotatable bonds is 3. The fraction of sp³-hybridized carbons (Fsp3) is 0.929. The molecule has 1 aliphatic carbocycles. The summed E-state index contributed by atoms with van der Waals surface area (Å²) >= 11 is 0. The Labute approximate surface area is 99.2 Å². The van der Waals surface area contributed by atoms with E-state index in [1.54, 1.807) is 0 Å².